The largest absolute Gasteiger partial charge is 0.349 e. The number of sulfone groups is 1. The molecule has 0 saturated heterocycles. The zero-order chi connectivity index (χ0) is 22.5. The molecule has 0 unspecified atom stereocenters. The number of hydrogen-bond donors (Lipinski definition) is 1. The molecule has 1 aliphatic carbocycles. The van der Waals surface area contributed by atoms with Crippen molar-refractivity contribution in [3.63, 3.8) is 0 Å². The van der Waals surface area contributed by atoms with Gasteiger partial charge in [0.15, 0.2) is 15.5 Å². The summed E-state index contributed by atoms with van der Waals surface area (Å²) in [7, 11) is -3.28. The molecule has 1 saturated carbocycles. The predicted octanol–water partition coefficient (Wildman–Crippen LogP) is 3.09. The van der Waals surface area contributed by atoms with E-state index in [-0.39, 0.29) is 16.8 Å². The van der Waals surface area contributed by atoms with Crippen LogP contribution in [-0.2, 0) is 9.84 Å². The van der Waals surface area contributed by atoms with Crippen molar-refractivity contribution < 1.29 is 13.2 Å². The molecule has 9 heteroatoms. The highest BCUT2D eigenvalue weighted by atomic mass is 32.2. The second kappa shape index (κ2) is 7.52. The smallest absolute Gasteiger partial charge is 0.251 e. The lowest BCUT2D eigenvalue weighted by Crippen LogP contribution is -2.25. The number of carbonyl (C=O) groups is 1. The van der Waals surface area contributed by atoms with Crippen LogP contribution in [0.5, 0.6) is 0 Å². The number of fused-ring (bicyclic) bond motifs is 1. The highest BCUT2D eigenvalue weighted by molar-refractivity contribution is 7.90. The van der Waals surface area contributed by atoms with Crippen molar-refractivity contribution >= 4 is 26.9 Å². The zero-order valence-electron chi connectivity index (χ0n) is 17.6. The summed E-state index contributed by atoms with van der Waals surface area (Å²) in [6.07, 6.45) is 6.36. The minimum Gasteiger partial charge on any atom is -0.349 e. The van der Waals surface area contributed by atoms with E-state index in [1.807, 2.05) is 29.7 Å². The minimum absolute atomic E-state index is 0.0838. The lowest BCUT2D eigenvalue weighted by molar-refractivity contribution is 0.0951. The van der Waals surface area contributed by atoms with Crippen LogP contribution in [0.15, 0.2) is 60.0 Å². The molecule has 4 aromatic rings. The van der Waals surface area contributed by atoms with Crippen molar-refractivity contribution in [1.82, 2.24) is 24.8 Å². The number of carbonyl (C=O) groups excluding carboxylic acids is 1. The van der Waals surface area contributed by atoms with Crippen LogP contribution in [0.3, 0.4) is 0 Å². The van der Waals surface area contributed by atoms with Crippen molar-refractivity contribution in [2.24, 2.45) is 0 Å². The fraction of sp³-hybridized carbons (Fsp3) is 0.217. The summed E-state index contributed by atoms with van der Waals surface area (Å²) < 4.78 is 25.3. The zero-order valence-corrected chi connectivity index (χ0v) is 18.4. The number of imidazole rings is 1. The van der Waals surface area contributed by atoms with Gasteiger partial charge in [0.05, 0.1) is 10.6 Å². The molecule has 2 aromatic carbocycles. The van der Waals surface area contributed by atoms with E-state index in [9.17, 15) is 13.2 Å². The molecule has 0 spiro atoms. The Kier molecular flexibility index (Phi) is 4.78. The maximum Gasteiger partial charge on any atom is 0.251 e. The lowest BCUT2D eigenvalue weighted by atomic mass is 10.1. The van der Waals surface area contributed by atoms with Gasteiger partial charge in [0.2, 0.25) is 0 Å². The first kappa shape index (κ1) is 20.3. The first-order valence-corrected chi connectivity index (χ1v) is 12.1. The van der Waals surface area contributed by atoms with E-state index in [4.69, 9.17) is 0 Å². The Hall–Kier alpha value is -3.59. The molecule has 1 aliphatic rings. The Labute approximate surface area is 185 Å². The van der Waals surface area contributed by atoms with Gasteiger partial charge in [-0.2, -0.15) is 0 Å². The summed E-state index contributed by atoms with van der Waals surface area (Å²) in [6.45, 7) is 1.97. The first-order valence-electron chi connectivity index (χ1n) is 10.2. The number of aromatic nitrogens is 4. The van der Waals surface area contributed by atoms with Crippen LogP contribution in [-0.4, -0.2) is 46.1 Å². The summed E-state index contributed by atoms with van der Waals surface area (Å²) in [5, 5.41) is 3.01. The number of benzene rings is 2. The van der Waals surface area contributed by atoms with Crippen LogP contribution < -0.4 is 5.32 Å². The summed E-state index contributed by atoms with van der Waals surface area (Å²) in [5.74, 6) is -0.0838. The second-order valence-electron chi connectivity index (χ2n) is 8.05. The van der Waals surface area contributed by atoms with E-state index in [1.54, 1.807) is 30.6 Å². The van der Waals surface area contributed by atoms with Gasteiger partial charge in [-0.05, 0) is 49.6 Å². The van der Waals surface area contributed by atoms with Gasteiger partial charge in [0, 0.05) is 23.4 Å². The van der Waals surface area contributed by atoms with Gasteiger partial charge >= 0.3 is 0 Å². The average Bonchev–Trinajstić information content (AvgIpc) is 3.48. The highest BCUT2D eigenvalue weighted by Crippen LogP contribution is 2.28. The molecule has 162 valence electrons. The van der Waals surface area contributed by atoms with Crippen molar-refractivity contribution in [3.8, 4) is 16.9 Å². The van der Waals surface area contributed by atoms with Gasteiger partial charge in [-0.25, -0.2) is 23.4 Å². The van der Waals surface area contributed by atoms with Gasteiger partial charge in [0.1, 0.15) is 23.9 Å². The van der Waals surface area contributed by atoms with E-state index < -0.39 is 9.84 Å². The van der Waals surface area contributed by atoms with E-state index in [1.165, 1.54) is 12.6 Å². The van der Waals surface area contributed by atoms with Crippen LogP contribution >= 0.6 is 0 Å². The highest BCUT2D eigenvalue weighted by Gasteiger charge is 2.24. The third kappa shape index (κ3) is 3.75. The van der Waals surface area contributed by atoms with Crippen LogP contribution in [0, 0.1) is 6.92 Å². The fourth-order valence-corrected chi connectivity index (χ4v) is 4.22. The number of rotatable bonds is 5. The molecular formula is C23H21N5O3S. The molecule has 8 nitrogen and oxygen atoms in total. The summed E-state index contributed by atoms with van der Waals surface area (Å²) in [4.78, 5) is 26.1. The number of hydrogen-bond acceptors (Lipinski definition) is 6. The SMILES string of the molecule is Cc1ccc(C(=O)NC2CC2)cc1-n1cnc2c(-c3ccc(S(C)(=O)=O)cc3)ncnc21. The summed E-state index contributed by atoms with van der Waals surface area (Å²) >= 11 is 0. The van der Waals surface area contributed by atoms with Gasteiger partial charge in [-0.15, -0.1) is 0 Å². The molecule has 32 heavy (non-hydrogen) atoms. The van der Waals surface area contributed by atoms with E-state index in [0.29, 0.717) is 22.4 Å². The monoisotopic (exact) mass is 447 g/mol. The maximum atomic E-state index is 12.5. The van der Waals surface area contributed by atoms with Crippen LogP contribution in [0.4, 0.5) is 0 Å². The third-order valence-electron chi connectivity index (χ3n) is 5.53. The molecular weight excluding hydrogens is 426 g/mol. The molecule has 0 atom stereocenters. The van der Waals surface area contributed by atoms with E-state index in [2.05, 4.69) is 20.3 Å². The van der Waals surface area contributed by atoms with Gasteiger partial charge in [-0.3, -0.25) is 9.36 Å². The molecule has 0 bridgehead atoms. The third-order valence-corrected chi connectivity index (χ3v) is 6.66. The lowest BCUT2D eigenvalue weighted by Gasteiger charge is -2.11. The summed E-state index contributed by atoms with van der Waals surface area (Å²) in [5.41, 5.74) is 4.92. The number of nitrogens with one attached hydrogen (secondary N) is 1. The van der Waals surface area contributed by atoms with Crippen molar-refractivity contribution in [2.75, 3.05) is 6.26 Å². The van der Waals surface area contributed by atoms with Crippen molar-refractivity contribution in [3.05, 3.63) is 66.2 Å². The first-order chi connectivity index (χ1) is 15.3. The Balaban J connectivity index is 1.57. The Morgan fingerprint density at radius 3 is 2.50 bits per heavy atom. The van der Waals surface area contributed by atoms with Crippen molar-refractivity contribution in [2.45, 2.75) is 30.7 Å². The van der Waals surface area contributed by atoms with Crippen molar-refractivity contribution in [1.29, 1.82) is 0 Å². The molecule has 0 radical (unpaired) electrons. The molecule has 1 fully saturated rings. The van der Waals surface area contributed by atoms with Crippen LogP contribution in [0.1, 0.15) is 28.8 Å². The Bertz CT molecular complexity index is 1460. The van der Waals surface area contributed by atoms with Gasteiger partial charge in [-0.1, -0.05) is 18.2 Å². The topological polar surface area (TPSA) is 107 Å². The van der Waals surface area contributed by atoms with E-state index >= 15 is 0 Å². The van der Waals surface area contributed by atoms with Gasteiger partial charge < -0.3 is 5.32 Å². The van der Waals surface area contributed by atoms with E-state index in [0.717, 1.165) is 29.7 Å². The van der Waals surface area contributed by atoms with Crippen LogP contribution in [0.2, 0.25) is 0 Å². The Morgan fingerprint density at radius 1 is 1.06 bits per heavy atom. The standard InChI is InChI=1S/C23H21N5O3S/c1-14-3-4-16(23(29)27-17-7-8-17)11-19(14)28-13-26-21-20(24-12-25-22(21)28)15-5-9-18(10-6-15)32(2,30)31/h3-6,9-13,17H,7-8H2,1-2H3,(H,27,29). The summed E-state index contributed by atoms with van der Waals surface area (Å²) in [6, 6.07) is 12.4. The molecule has 0 aliphatic heterocycles. The normalized spacial score (nSPS) is 13.9. The average molecular weight is 448 g/mol. The molecule has 1 amide bonds. The quantitative estimate of drug-likeness (QED) is 0.504. The van der Waals surface area contributed by atoms with Crippen LogP contribution in [0.25, 0.3) is 28.1 Å². The fourth-order valence-electron chi connectivity index (χ4n) is 3.59. The second-order valence-corrected chi connectivity index (χ2v) is 10.1. The number of amides is 1. The predicted molar refractivity (Wildman–Crippen MR) is 120 cm³/mol. The maximum absolute atomic E-state index is 12.5. The molecule has 2 heterocycles. The minimum atomic E-state index is -3.28. The molecule has 2 aromatic heterocycles. The van der Waals surface area contributed by atoms with Gasteiger partial charge in [0.25, 0.3) is 5.91 Å². The Morgan fingerprint density at radius 2 is 1.81 bits per heavy atom. The molecule has 1 N–H and O–H groups in total. The number of aryl methyl sites for hydroxylation is 1. The number of nitrogens with zero attached hydrogens (tertiary/aromatic N) is 4. The molecule has 5 rings (SSSR count).